The molecule has 0 bridgehead atoms. The van der Waals surface area contributed by atoms with Crippen molar-refractivity contribution in [1.29, 1.82) is 0 Å². The Hall–Kier alpha value is -0.590. The van der Waals surface area contributed by atoms with Crippen LogP contribution in [-0.4, -0.2) is 5.78 Å². The van der Waals surface area contributed by atoms with Gasteiger partial charge in [0.05, 0.1) is 0 Å². The van der Waals surface area contributed by atoms with Crippen LogP contribution in [0.2, 0.25) is 0 Å². The Morgan fingerprint density at radius 1 is 0.968 bits per heavy atom. The molecule has 0 saturated heterocycles. The molecular weight excluding hydrogens is 376 g/mol. The molecule has 0 heterocycles. The van der Waals surface area contributed by atoms with E-state index in [1.165, 1.54) is 56.9 Å². The summed E-state index contributed by atoms with van der Waals surface area (Å²) >= 11 is 0. The van der Waals surface area contributed by atoms with Gasteiger partial charge in [0.25, 0.3) is 0 Å². The summed E-state index contributed by atoms with van der Waals surface area (Å²) in [4.78, 5) is 12.6. The first-order chi connectivity index (χ1) is 14.5. The standard InChI is InChI=1S/C30H50O/c1-18(2)19(3)9-10-20(4)25-13-14-26-24-12-11-23-17-28(31)21(5)22(6)30(23,8)27(24)15-16-29(25,26)7/h17-22,24-27H,9-16H2,1-8H3/t19-,20+,21?,22?,24-,25+,26-,27-,29+,30-/m0/s1. The van der Waals surface area contributed by atoms with Gasteiger partial charge in [-0.1, -0.05) is 73.8 Å². The van der Waals surface area contributed by atoms with E-state index >= 15 is 0 Å². The first kappa shape index (κ1) is 23.6. The SMILES string of the molecule is CC1C(=O)C=C2CC[C@H]3[C@@H]4CC[C@H]([C@H](C)CC[C@H](C)C(C)C)[C@@]4(C)CC[C@@H]3[C@@]2(C)C1C. The molecule has 0 aromatic carbocycles. The molecule has 0 N–H and O–H groups in total. The lowest BCUT2D eigenvalue weighted by atomic mass is 9.43. The van der Waals surface area contributed by atoms with Crippen LogP contribution in [0.3, 0.4) is 0 Å². The molecule has 1 nitrogen and oxygen atoms in total. The Balaban J connectivity index is 1.53. The van der Waals surface area contributed by atoms with Gasteiger partial charge >= 0.3 is 0 Å². The minimum absolute atomic E-state index is 0.195. The van der Waals surface area contributed by atoms with E-state index in [2.05, 4.69) is 61.5 Å². The van der Waals surface area contributed by atoms with E-state index in [-0.39, 0.29) is 11.3 Å². The van der Waals surface area contributed by atoms with Gasteiger partial charge in [-0.15, -0.1) is 0 Å². The molecule has 0 aromatic rings. The molecule has 0 aromatic heterocycles. The summed E-state index contributed by atoms with van der Waals surface area (Å²) < 4.78 is 0. The maximum Gasteiger partial charge on any atom is 0.158 e. The smallest absolute Gasteiger partial charge is 0.158 e. The summed E-state index contributed by atoms with van der Waals surface area (Å²) in [5.41, 5.74) is 2.32. The number of allylic oxidation sites excluding steroid dienone is 1. The van der Waals surface area contributed by atoms with Crippen molar-refractivity contribution in [2.75, 3.05) is 0 Å². The second-order valence-corrected chi connectivity index (χ2v) is 13.4. The summed E-state index contributed by atoms with van der Waals surface area (Å²) in [6, 6.07) is 0. The number of carbonyl (C=O) groups excluding carboxylic acids is 1. The molecule has 1 heteroatoms. The van der Waals surface area contributed by atoms with Crippen molar-refractivity contribution in [3.05, 3.63) is 11.6 Å². The van der Waals surface area contributed by atoms with Crippen LogP contribution in [0.5, 0.6) is 0 Å². The number of hydrogen-bond acceptors (Lipinski definition) is 1. The Morgan fingerprint density at radius 3 is 2.35 bits per heavy atom. The average molecular weight is 427 g/mol. The predicted molar refractivity (Wildman–Crippen MR) is 132 cm³/mol. The fourth-order valence-electron chi connectivity index (χ4n) is 9.23. The van der Waals surface area contributed by atoms with Gasteiger partial charge in [-0.05, 0) is 103 Å². The fourth-order valence-corrected chi connectivity index (χ4v) is 9.23. The summed E-state index contributed by atoms with van der Waals surface area (Å²) in [5.74, 6) is 7.13. The van der Waals surface area contributed by atoms with E-state index in [1.807, 2.05) is 0 Å². The van der Waals surface area contributed by atoms with Crippen molar-refractivity contribution >= 4 is 5.78 Å². The number of ketones is 1. The first-order valence-corrected chi connectivity index (χ1v) is 13.8. The third-order valence-corrected chi connectivity index (χ3v) is 12.1. The molecule has 4 aliphatic carbocycles. The lowest BCUT2D eigenvalue weighted by Gasteiger charge is -2.61. The Morgan fingerprint density at radius 2 is 1.68 bits per heavy atom. The van der Waals surface area contributed by atoms with Gasteiger partial charge in [0.15, 0.2) is 5.78 Å². The fraction of sp³-hybridized carbons (Fsp3) is 0.900. The van der Waals surface area contributed by atoms with E-state index in [4.69, 9.17) is 0 Å². The van der Waals surface area contributed by atoms with Crippen LogP contribution in [0.15, 0.2) is 11.6 Å². The number of carbonyl (C=O) groups is 1. The van der Waals surface area contributed by atoms with E-state index in [1.54, 1.807) is 0 Å². The van der Waals surface area contributed by atoms with Crippen molar-refractivity contribution in [2.24, 2.45) is 64.1 Å². The maximum atomic E-state index is 12.6. The zero-order valence-electron chi connectivity index (χ0n) is 21.8. The van der Waals surface area contributed by atoms with E-state index in [0.717, 1.165) is 41.4 Å². The summed E-state index contributed by atoms with van der Waals surface area (Å²) in [6.07, 6.45) is 13.2. The molecule has 0 radical (unpaired) electrons. The zero-order chi connectivity index (χ0) is 22.7. The highest BCUT2D eigenvalue weighted by atomic mass is 16.1. The minimum atomic E-state index is 0.195. The summed E-state index contributed by atoms with van der Waals surface area (Å²) in [5, 5.41) is 0. The predicted octanol–water partition coefficient (Wildman–Crippen LogP) is 8.33. The third-order valence-electron chi connectivity index (χ3n) is 12.1. The van der Waals surface area contributed by atoms with Gasteiger partial charge in [0.1, 0.15) is 0 Å². The normalized spacial score (nSPS) is 46.7. The molecule has 31 heavy (non-hydrogen) atoms. The molecule has 0 aliphatic heterocycles. The van der Waals surface area contributed by atoms with Crippen molar-refractivity contribution in [3.63, 3.8) is 0 Å². The van der Waals surface area contributed by atoms with Gasteiger partial charge in [-0.3, -0.25) is 4.79 Å². The highest BCUT2D eigenvalue weighted by molar-refractivity contribution is 5.93. The molecule has 3 fully saturated rings. The van der Waals surface area contributed by atoms with Crippen molar-refractivity contribution in [1.82, 2.24) is 0 Å². The molecular formula is C30H50O. The first-order valence-electron chi connectivity index (χ1n) is 13.8. The second-order valence-electron chi connectivity index (χ2n) is 13.4. The number of rotatable bonds is 5. The molecule has 4 rings (SSSR count). The average Bonchev–Trinajstić information content (AvgIpc) is 3.08. The number of fused-ring (bicyclic) bond motifs is 5. The Labute approximate surface area is 193 Å². The minimum Gasteiger partial charge on any atom is -0.295 e. The highest BCUT2D eigenvalue weighted by Gasteiger charge is 2.61. The van der Waals surface area contributed by atoms with Crippen molar-refractivity contribution in [3.8, 4) is 0 Å². The van der Waals surface area contributed by atoms with E-state index in [0.29, 0.717) is 17.1 Å². The molecule has 0 spiro atoms. The quantitative estimate of drug-likeness (QED) is 0.432. The Kier molecular flexibility index (Phi) is 6.33. The van der Waals surface area contributed by atoms with Crippen LogP contribution < -0.4 is 0 Å². The van der Waals surface area contributed by atoms with Gasteiger partial charge in [0, 0.05) is 5.92 Å². The van der Waals surface area contributed by atoms with Crippen molar-refractivity contribution < 1.29 is 4.79 Å². The van der Waals surface area contributed by atoms with Gasteiger partial charge in [-0.25, -0.2) is 0 Å². The van der Waals surface area contributed by atoms with Crippen LogP contribution in [0.25, 0.3) is 0 Å². The Bertz CT molecular complexity index is 718. The monoisotopic (exact) mass is 426 g/mol. The molecule has 10 atom stereocenters. The van der Waals surface area contributed by atoms with E-state index in [9.17, 15) is 4.79 Å². The van der Waals surface area contributed by atoms with Gasteiger partial charge in [0.2, 0.25) is 0 Å². The zero-order valence-corrected chi connectivity index (χ0v) is 21.8. The van der Waals surface area contributed by atoms with Gasteiger partial charge < -0.3 is 0 Å². The second kappa shape index (κ2) is 8.32. The molecule has 3 saturated carbocycles. The maximum absolute atomic E-state index is 12.6. The lowest BCUT2D eigenvalue weighted by molar-refractivity contribution is -0.127. The summed E-state index contributed by atoms with van der Waals surface area (Å²) in [7, 11) is 0. The third kappa shape index (κ3) is 3.59. The largest absolute Gasteiger partial charge is 0.295 e. The van der Waals surface area contributed by atoms with Crippen LogP contribution in [-0.2, 0) is 4.79 Å². The van der Waals surface area contributed by atoms with Crippen LogP contribution in [0.1, 0.15) is 107 Å². The number of hydrogen-bond donors (Lipinski definition) is 0. The van der Waals surface area contributed by atoms with Crippen molar-refractivity contribution in [2.45, 2.75) is 107 Å². The van der Waals surface area contributed by atoms with Crippen LogP contribution >= 0.6 is 0 Å². The summed E-state index contributed by atoms with van der Waals surface area (Å²) in [6.45, 7) is 19.6. The van der Waals surface area contributed by atoms with Gasteiger partial charge in [-0.2, -0.15) is 0 Å². The molecule has 4 aliphatic rings. The topological polar surface area (TPSA) is 17.1 Å². The van der Waals surface area contributed by atoms with E-state index < -0.39 is 0 Å². The van der Waals surface area contributed by atoms with Crippen LogP contribution in [0.4, 0.5) is 0 Å². The molecule has 0 amide bonds. The highest BCUT2D eigenvalue weighted by Crippen LogP contribution is 2.68. The lowest BCUT2D eigenvalue weighted by Crippen LogP contribution is -2.54. The molecule has 2 unspecified atom stereocenters. The molecule has 176 valence electrons. The van der Waals surface area contributed by atoms with Crippen LogP contribution in [0, 0.1) is 64.1 Å².